The van der Waals surface area contributed by atoms with Gasteiger partial charge >= 0.3 is 0 Å². The third-order valence-corrected chi connectivity index (χ3v) is 3.31. The molecule has 12 heavy (non-hydrogen) atoms. The molecule has 0 saturated heterocycles. The molecule has 0 radical (unpaired) electrons. The van der Waals surface area contributed by atoms with Crippen LogP contribution in [0.15, 0.2) is 0 Å². The maximum Gasteiger partial charge on any atom is 0.0673 e. The zero-order valence-corrected chi connectivity index (χ0v) is 8.39. The Morgan fingerprint density at radius 1 is 1.50 bits per heavy atom. The van der Waals surface area contributed by atoms with E-state index in [1.165, 1.54) is 12.8 Å². The summed E-state index contributed by atoms with van der Waals surface area (Å²) >= 11 is 0. The molecule has 1 aliphatic rings. The van der Waals surface area contributed by atoms with Crippen molar-refractivity contribution in [2.45, 2.75) is 45.1 Å². The van der Waals surface area contributed by atoms with Gasteiger partial charge in [0.25, 0.3) is 0 Å². The first-order valence-corrected chi connectivity index (χ1v) is 4.73. The lowest BCUT2D eigenvalue weighted by Crippen LogP contribution is -2.34. The van der Waals surface area contributed by atoms with E-state index in [1.807, 2.05) is 6.92 Å². The fourth-order valence-electron chi connectivity index (χ4n) is 1.59. The minimum atomic E-state index is -0.481. The molecular weight excluding hydrogens is 152 g/mol. The molecule has 0 amide bonds. The highest BCUT2D eigenvalue weighted by atomic mass is 16.5. The predicted molar refractivity (Wildman–Crippen MR) is 49.1 cm³/mol. The molecule has 2 heteroatoms. The monoisotopic (exact) mass is 172 g/mol. The van der Waals surface area contributed by atoms with Gasteiger partial charge in [0.1, 0.15) is 0 Å². The molecule has 1 fully saturated rings. The van der Waals surface area contributed by atoms with Gasteiger partial charge in [0, 0.05) is 13.7 Å². The van der Waals surface area contributed by atoms with Gasteiger partial charge in [-0.25, -0.2) is 0 Å². The lowest BCUT2D eigenvalue weighted by atomic mass is 9.84. The molecule has 2 nitrogen and oxygen atoms in total. The summed E-state index contributed by atoms with van der Waals surface area (Å²) < 4.78 is 4.96. The Labute approximate surface area is 74.9 Å². The zero-order chi connectivity index (χ0) is 9.24. The van der Waals surface area contributed by atoms with Crippen molar-refractivity contribution >= 4 is 0 Å². The van der Waals surface area contributed by atoms with E-state index in [1.54, 1.807) is 7.11 Å². The Balaban J connectivity index is 2.28. The van der Waals surface area contributed by atoms with E-state index >= 15 is 0 Å². The van der Waals surface area contributed by atoms with Crippen LogP contribution < -0.4 is 0 Å². The van der Waals surface area contributed by atoms with Crippen LogP contribution in [0.3, 0.4) is 0 Å². The minimum absolute atomic E-state index is 0.195. The number of hydrogen-bond donors (Lipinski definition) is 1. The smallest absolute Gasteiger partial charge is 0.0673 e. The highest BCUT2D eigenvalue weighted by Crippen LogP contribution is 2.54. The lowest BCUT2D eigenvalue weighted by molar-refractivity contribution is -0.0213. The quantitative estimate of drug-likeness (QED) is 0.642. The van der Waals surface area contributed by atoms with E-state index in [-0.39, 0.29) is 5.41 Å². The topological polar surface area (TPSA) is 29.5 Å². The van der Waals surface area contributed by atoms with Crippen molar-refractivity contribution in [2.75, 3.05) is 13.7 Å². The number of methoxy groups -OCH3 is 1. The summed E-state index contributed by atoms with van der Waals surface area (Å²) in [5.74, 6) is 0. The summed E-state index contributed by atoms with van der Waals surface area (Å²) in [6, 6.07) is 0. The van der Waals surface area contributed by atoms with E-state index < -0.39 is 5.60 Å². The SMILES string of the molecule is COCCCC(C)(O)C1(C)CC1. The molecule has 0 bridgehead atoms. The van der Waals surface area contributed by atoms with Gasteiger partial charge in [0.2, 0.25) is 0 Å². The summed E-state index contributed by atoms with van der Waals surface area (Å²) in [5, 5.41) is 10.1. The Morgan fingerprint density at radius 3 is 2.50 bits per heavy atom. The largest absolute Gasteiger partial charge is 0.390 e. The summed E-state index contributed by atoms with van der Waals surface area (Å²) in [4.78, 5) is 0. The Kier molecular flexibility index (Phi) is 2.79. The second-order valence-electron chi connectivity index (χ2n) is 4.43. The number of ether oxygens (including phenoxy) is 1. The van der Waals surface area contributed by atoms with E-state index in [4.69, 9.17) is 4.74 Å². The fourth-order valence-corrected chi connectivity index (χ4v) is 1.59. The summed E-state index contributed by atoms with van der Waals surface area (Å²) in [7, 11) is 1.70. The molecule has 1 rings (SSSR count). The second-order valence-corrected chi connectivity index (χ2v) is 4.43. The number of rotatable bonds is 5. The third kappa shape index (κ3) is 1.99. The van der Waals surface area contributed by atoms with Crippen LogP contribution in [0.2, 0.25) is 0 Å². The standard InChI is InChI=1S/C10H20O2/c1-9(6-7-9)10(2,11)5-4-8-12-3/h11H,4-8H2,1-3H3. The molecule has 1 unspecified atom stereocenters. The Bertz CT molecular complexity index is 148. The van der Waals surface area contributed by atoms with Crippen LogP contribution in [-0.2, 0) is 4.74 Å². The first-order valence-electron chi connectivity index (χ1n) is 4.73. The van der Waals surface area contributed by atoms with Gasteiger partial charge in [0.05, 0.1) is 5.60 Å². The molecule has 0 aromatic rings. The molecule has 0 spiro atoms. The lowest BCUT2D eigenvalue weighted by Gasteiger charge is -2.30. The third-order valence-electron chi connectivity index (χ3n) is 3.31. The van der Waals surface area contributed by atoms with Gasteiger partial charge in [-0.15, -0.1) is 0 Å². The van der Waals surface area contributed by atoms with Crippen molar-refractivity contribution in [1.29, 1.82) is 0 Å². The molecular formula is C10H20O2. The molecule has 0 aliphatic heterocycles. The number of aliphatic hydroxyl groups is 1. The average Bonchev–Trinajstić information content (AvgIpc) is 2.70. The van der Waals surface area contributed by atoms with E-state index in [2.05, 4.69) is 6.92 Å². The molecule has 1 saturated carbocycles. The highest BCUT2D eigenvalue weighted by Gasteiger charge is 2.51. The second kappa shape index (κ2) is 3.35. The van der Waals surface area contributed by atoms with Crippen molar-refractivity contribution in [2.24, 2.45) is 5.41 Å². The van der Waals surface area contributed by atoms with Crippen LogP contribution in [0.4, 0.5) is 0 Å². The molecule has 0 heterocycles. The predicted octanol–water partition coefficient (Wildman–Crippen LogP) is 1.96. The molecule has 0 aromatic heterocycles. The van der Waals surface area contributed by atoms with Gasteiger partial charge in [-0.05, 0) is 38.0 Å². The van der Waals surface area contributed by atoms with Gasteiger partial charge < -0.3 is 9.84 Å². The van der Waals surface area contributed by atoms with Crippen LogP contribution in [-0.4, -0.2) is 24.4 Å². The van der Waals surface area contributed by atoms with Crippen LogP contribution in [0.25, 0.3) is 0 Å². The van der Waals surface area contributed by atoms with Gasteiger partial charge in [0.15, 0.2) is 0 Å². The molecule has 72 valence electrons. The van der Waals surface area contributed by atoms with Gasteiger partial charge in [-0.1, -0.05) is 6.92 Å². The first-order chi connectivity index (χ1) is 5.52. The first kappa shape index (κ1) is 10.0. The van der Waals surface area contributed by atoms with Crippen molar-refractivity contribution in [3.63, 3.8) is 0 Å². The van der Waals surface area contributed by atoms with Crippen LogP contribution >= 0.6 is 0 Å². The summed E-state index contributed by atoms with van der Waals surface area (Å²) in [5.41, 5.74) is -0.285. The van der Waals surface area contributed by atoms with Gasteiger partial charge in [-0.2, -0.15) is 0 Å². The molecule has 0 aromatic carbocycles. The normalized spacial score (nSPS) is 25.0. The highest BCUT2D eigenvalue weighted by molar-refractivity contribution is 5.02. The maximum absolute atomic E-state index is 10.1. The van der Waals surface area contributed by atoms with Crippen LogP contribution in [0.5, 0.6) is 0 Å². The summed E-state index contributed by atoms with van der Waals surface area (Å²) in [6.45, 7) is 4.88. The molecule has 1 atom stereocenters. The van der Waals surface area contributed by atoms with E-state index in [9.17, 15) is 5.11 Å². The number of hydrogen-bond acceptors (Lipinski definition) is 2. The van der Waals surface area contributed by atoms with Crippen molar-refractivity contribution in [3.8, 4) is 0 Å². The zero-order valence-electron chi connectivity index (χ0n) is 8.39. The van der Waals surface area contributed by atoms with Crippen molar-refractivity contribution in [3.05, 3.63) is 0 Å². The van der Waals surface area contributed by atoms with Gasteiger partial charge in [-0.3, -0.25) is 0 Å². The molecule has 1 N–H and O–H groups in total. The van der Waals surface area contributed by atoms with Crippen molar-refractivity contribution in [1.82, 2.24) is 0 Å². The average molecular weight is 172 g/mol. The van der Waals surface area contributed by atoms with E-state index in [0.717, 1.165) is 19.4 Å². The molecule has 1 aliphatic carbocycles. The minimum Gasteiger partial charge on any atom is -0.390 e. The van der Waals surface area contributed by atoms with Crippen LogP contribution in [0, 0.1) is 5.41 Å². The Morgan fingerprint density at radius 2 is 2.08 bits per heavy atom. The van der Waals surface area contributed by atoms with Crippen LogP contribution in [0.1, 0.15) is 39.5 Å². The Hall–Kier alpha value is -0.0800. The fraction of sp³-hybridized carbons (Fsp3) is 1.00. The van der Waals surface area contributed by atoms with E-state index in [0.29, 0.717) is 0 Å². The summed E-state index contributed by atoms with van der Waals surface area (Å²) in [6.07, 6.45) is 4.16. The van der Waals surface area contributed by atoms with Crippen molar-refractivity contribution < 1.29 is 9.84 Å². The maximum atomic E-state index is 10.1.